The molecule has 172 valence electrons. The van der Waals surface area contributed by atoms with Crippen LogP contribution in [0.15, 0.2) is 76.2 Å². The first kappa shape index (κ1) is 21.4. The number of amides is 1. The van der Waals surface area contributed by atoms with Crippen molar-refractivity contribution in [2.75, 3.05) is 0 Å². The molecule has 9 heteroatoms. The van der Waals surface area contributed by atoms with Crippen molar-refractivity contribution in [3.05, 3.63) is 94.6 Å². The number of fused-ring (bicyclic) bond motifs is 1. The van der Waals surface area contributed by atoms with Crippen LogP contribution in [-0.4, -0.2) is 30.0 Å². The molecule has 0 fully saturated rings. The van der Waals surface area contributed by atoms with Gasteiger partial charge in [-0.1, -0.05) is 18.2 Å². The summed E-state index contributed by atoms with van der Waals surface area (Å²) >= 11 is 0. The quantitative estimate of drug-likeness (QED) is 0.422. The zero-order chi connectivity index (χ0) is 23.8. The maximum Gasteiger partial charge on any atom is 0.280 e. The van der Waals surface area contributed by atoms with E-state index in [0.717, 1.165) is 11.4 Å². The van der Waals surface area contributed by atoms with Gasteiger partial charge in [0.2, 0.25) is 5.91 Å². The second-order valence-corrected chi connectivity index (χ2v) is 8.13. The lowest BCUT2D eigenvalue weighted by atomic mass is 10.2. The summed E-state index contributed by atoms with van der Waals surface area (Å²) in [6.07, 6.45) is 3.72. The highest BCUT2D eigenvalue weighted by atomic mass is 16.3. The van der Waals surface area contributed by atoms with Crippen molar-refractivity contribution in [1.82, 2.24) is 29.4 Å². The summed E-state index contributed by atoms with van der Waals surface area (Å²) in [5.74, 6) is 1.67. The molecule has 1 N–H and O–H groups in total. The van der Waals surface area contributed by atoms with Crippen LogP contribution in [0, 0.1) is 13.8 Å². The molecule has 1 atom stereocenters. The molecule has 0 saturated carbocycles. The lowest BCUT2D eigenvalue weighted by Gasteiger charge is -2.15. The number of para-hydroxylation sites is 1. The predicted molar refractivity (Wildman–Crippen MR) is 127 cm³/mol. The Labute approximate surface area is 195 Å². The van der Waals surface area contributed by atoms with Gasteiger partial charge in [-0.15, -0.1) is 0 Å². The van der Waals surface area contributed by atoms with Gasteiger partial charge in [-0.25, -0.2) is 9.36 Å². The molecule has 0 radical (unpaired) electrons. The van der Waals surface area contributed by atoms with Gasteiger partial charge >= 0.3 is 0 Å². The van der Waals surface area contributed by atoms with Crippen LogP contribution >= 0.6 is 0 Å². The molecule has 9 nitrogen and oxygen atoms in total. The number of carbonyl (C=O) groups excluding carboxylic acids is 1. The van der Waals surface area contributed by atoms with Gasteiger partial charge in [0.05, 0.1) is 17.9 Å². The summed E-state index contributed by atoms with van der Waals surface area (Å²) in [4.78, 5) is 26.6. The predicted octanol–water partition coefficient (Wildman–Crippen LogP) is 3.46. The van der Waals surface area contributed by atoms with Crippen LogP contribution in [-0.2, 0) is 11.3 Å². The second kappa shape index (κ2) is 8.51. The third-order valence-electron chi connectivity index (χ3n) is 5.71. The smallest absolute Gasteiger partial charge is 0.280 e. The zero-order valence-corrected chi connectivity index (χ0v) is 19.1. The van der Waals surface area contributed by atoms with Crippen LogP contribution in [0.1, 0.15) is 30.2 Å². The Bertz CT molecular complexity index is 1530. The number of furan rings is 1. The Balaban J connectivity index is 1.61. The number of nitrogens with one attached hydrogen (secondary N) is 1. The van der Waals surface area contributed by atoms with Crippen molar-refractivity contribution >= 4 is 16.8 Å². The molecular formula is C25H24N6O3. The number of hydrogen-bond acceptors (Lipinski definition) is 5. The van der Waals surface area contributed by atoms with Gasteiger partial charge in [0.25, 0.3) is 5.56 Å². The number of benzene rings is 1. The van der Waals surface area contributed by atoms with Crippen LogP contribution in [0.3, 0.4) is 0 Å². The van der Waals surface area contributed by atoms with E-state index >= 15 is 0 Å². The number of nitrogens with zero attached hydrogens (tertiary/aromatic N) is 5. The molecule has 1 unspecified atom stereocenters. The van der Waals surface area contributed by atoms with E-state index < -0.39 is 6.04 Å². The van der Waals surface area contributed by atoms with Gasteiger partial charge in [0.15, 0.2) is 5.82 Å². The summed E-state index contributed by atoms with van der Waals surface area (Å²) in [5, 5.41) is 12.4. The average Bonchev–Trinajstić information content (AvgIpc) is 3.59. The maximum absolute atomic E-state index is 13.7. The van der Waals surface area contributed by atoms with E-state index in [9.17, 15) is 9.59 Å². The third kappa shape index (κ3) is 3.71. The van der Waals surface area contributed by atoms with E-state index in [0.29, 0.717) is 28.2 Å². The highest BCUT2D eigenvalue weighted by Gasteiger charge is 2.25. The fourth-order valence-electron chi connectivity index (χ4n) is 3.97. The van der Waals surface area contributed by atoms with Gasteiger partial charge in [0.1, 0.15) is 28.5 Å². The highest BCUT2D eigenvalue weighted by Crippen LogP contribution is 2.25. The van der Waals surface area contributed by atoms with Crippen LogP contribution in [0.25, 0.3) is 22.4 Å². The van der Waals surface area contributed by atoms with E-state index in [1.54, 1.807) is 18.5 Å². The number of hydrogen-bond donors (Lipinski definition) is 1. The number of aromatic nitrogens is 5. The molecule has 4 aromatic heterocycles. The Morgan fingerprint density at radius 2 is 1.76 bits per heavy atom. The van der Waals surface area contributed by atoms with Crippen molar-refractivity contribution in [1.29, 1.82) is 0 Å². The summed E-state index contributed by atoms with van der Waals surface area (Å²) in [6, 6.07) is 16.2. The fourth-order valence-corrected chi connectivity index (χ4v) is 3.97. The number of aryl methyl sites for hydroxylation is 2. The van der Waals surface area contributed by atoms with E-state index in [1.165, 1.54) is 4.68 Å². The summed E-state index contributed by atoms with van der Waals surface area (Å²) < 4.78 is 10.3. The van der Waals surface area contributed by atoms with E-state index in [1.807, 2.05) is 78.5 Å². The van der Waals surface area contributed by atoms with Crippen molar-refractivity contribution in [2.45, 2.75) is 33.4 Å². The molecule has 5 rings (SSSR count). The average molecular weight is 457 g/mol. The Morgan fingerprint density at radius 1 is 1.03 bits per heavy atom. The third-order valence-corrected chi connectivity index (χ3v) is 5.71. The summed E-state index contributed by atoms with van der Waals surface area (Å²) in [6.45, 7) is 5.51. The highest BCUT2D eigenvalue weighted by molar-refractivity contribution is 5.88. The van der Waals surface area contributed by atoms with Gasteiger partial charge < -0.3 is 14.3 Å². The molecule has 4 heterocycles. The number of carbonyl (C=O) groups is 1. The minimum Gasteiger partial charge on any atom is -0.465 e. The minimum absolute atomic E-state index is 0.230. The largest absolute Gasteiger partial charge is 0.465 e. The van der Waals surface area contributed by atoms with Crippen LogP contribution in [0.5, 0.6) is 0 Å². The van der Waals surface area contributed by atoms with E-state index in [4.69, 9.17) is 9.52 Å². The Kier molecular flexibility index (Phi) is 5.37. The standard InChI is InChI=1S/C25H24N6O3/c1-16-11-12-20(34-16)15-26-23(32)18(3)30-25(33)21-22(17(2)27-30)28-31(19-9-5-4-6-10-19)24(21)29-13-7-8-14-29/h4-14,18H,15H2,1-3H3,(H,26,32). The first-order valence-electron chi connectivity index (χ1n) is 11.0. The molecule has 0 saturated heterocycles. The van der Waals surface area contributed by atoms with Gasteiger partial charge in [-0.2, -0.15) is 10.2 Å². The lowest BCUT2D eigenvalue weighted by molar-refractivity contribution is -0.124. The molecule has 0 bridgehead atoms. The lowest BCUT2D eigenvalue weighted by Crippen LogP contribution is -2.37. The van der Waals surface area contributed by atoms with Crippen molar-refractivity contribution in [3.8, 4) is 11.5 Å². The first-order chi connectivity index (χ1) is 16.4. The zero-order valence-electron chi connectivity index (χ0n) is 19.1. The molecule has 0 aliphatic rings. The molecular weight excluding hydrogens is 432 g/mol. The molecule has 5 aromatic rings. The van der Waals surface area contributed by atoms with E-state index in [-0.39, 0.29) is 18.0 Å². The van der Waals surface area contributed by atoms with Crippen molar-refractivity contribution in [2.24, 2.45) is 0 Å². The van der Waals surface area contributed by atoms with Crippen molar-refractivity contribution in [3.63, 3.8) is 0 Å². The van der Waals surface area contributed by atoms with Gasteiger partial charge in [-0.05, 0) is 57.2 Å². The normalized spacial score (nSPS) is 12.2. The minimum atomic E-state index is -0.829. The van der Waals surface area contributed by atoms with E-state index in [2.05, 4.69) is 10.4 Å². The van der Waals surface area contributed by atoms with Crippen LogP contribution in [0.4, 0.5) is 0 Å². The molecule has 34 heavy (non-hydrogen) atoms. The fraction of sp³-hybridized carbons (Fsp3) is 0.200. The van der Waals surface area contributed by atoms with Gasteiger partial charge in [0, 0.05) is 12.4 Å². The number of rotatable bonds is 6. The molecule has 1 amide bonds. The molecule has 0 aliphatic carbocycles. The molecule has 1 aromatic carbocycles. The first-order valence-corrected chi connectivity index (χ1v) is 11.0. The Hall–Kier alpha value is -4.40. The Morgan fingerprint density at radius 3 is 2.44 bits per heavy atom. The summed E-state index contributed by atoms with van der Waals surface area (Å²) in [7, 11) is 0. The topological polar surface area (TPSA) is 99.9 Å². The second-order valence-electron chi connectivity index (χ2n) is 8.13. The molecule has 0 aliphatic heterocycles. The molecule has 0 spiro atoms. The van der Waals surface area contributed by atoms with Crippen molar-refractivity contribution < 1.29 is 9.21 Å². The van der Waals surface area contributed by atoms with Crippen LogP contribution in [0.2, 0.25) is 0 Å². The summed E-state index contributed by atoms with van der Waals surface area (Å²) in [5.41, 5.74) is 1.47. The van der Waals surface area contributed by atoms with Gasteiger partial charge in [-0.3, -0.25) is 9.59 Å². The van der Waals surface area contributed by atoms with Crippen LogP contribution < -0.4 is 10.9 Å². The SMILES string of the molecule is Cc1ccc(CNC(=O)C(C)n2nc(C)c3nn(-c4ccccc4)c(-n4cccc4)c3c2=O)o1. The maximum atomic E-state index is 13.7. The monoisotopic (exact) mass is 456 g/mol.